The Balaban J connectivity index is 1.79. The summed E-state index contributed by atoms with van der Waals surface area (Å²) in [6, 6.07) is 1.93. The molecule has 1 aliphatic heterocycles. The number of carboxylic acid groups (broad SMARTS) is 1. The van der Waals surface area contributed by atoms with Gasteiger partial charge in [-0.1, -0.05) is 12.1 Å². The number of hydrogen-bond acceptors (Lipinski definition) is 6. The Morgan fingerprint density at radius 2 is 2.48 bits per heavy atom. The minimum absolute atomic E-state index is 0.386. The first-order chi connectivity index (χ1) is 10.2. The van der Waals surface area contributed by atoms with Gasteiger partial charge in [0.15, 0.2) is 0 Å². The van der Waals surface area contributed by atoms with Gasteiger partial charge < -0.3 is 9.63 Å². The van der Waals surface area contributed by atoms with Gasteiger partial charge in [-0.2, -0.15) is 16.3 Å². The van der Waals surface area contributed by atoms with E-state index in [-0.39, 0.29) is 0 Å². The van der Waals surface area contributed by atoms with Crippen molar-refractivity contribution in [1.82, 2.24) is 15.0 Å². The Labute approximate surface area is 126 Å². The lowest BCUT2D eigenvalue weighted by Crippen LogP contribution is -2.49. The van der Waals surface area contributed by atoms with E-state index in [2.05, 4.69) is 10.1 Å². The number of aliphatic carboxylic acids is 1. The summed E-state index contributed by atoms with van der Waals surface area (Å²) in [6.45, 7) is 3.05. The van der Waals surface area contributed by atoms with Crippen LogP contribution in [0.25, 0.3) is 11.4 Å². The van der Waals surface area contributed by atoms with Crippen LogP contribution in [0.1, 0.15) is 32.1 Å². The van der Waals surface area contributed by atoms with Crippen LogP contribution in [0.5, 0.6) is 0 Å². The molecule has 0 amide bonds. The second-order valence-corrected chi connectivity index (χ2v) is 6.02. The summed E-state index contributed by atoms with van der Waals surface area (Å²) in [4.78, 5) is 18.0. The highest BCUT2D eigenvalue weighted by molar-refractivity contribution is 7.08. The fraction of sp³-hybridized carbons (Fsp3) is 0.500. The lowest BCUT2D eigenvalue weighted by Gasteiger charge is -2.32. The smallest absolute Gasteiger partial charge is 0.324 e. The van der Waals surface area contributed by atoms with E-state index in [0.717, 1.165) is 18.5 Å². The van der Waals surface area contributed by atoms with Gasteiger partial charge >= 0.3 is 5.97 Å². The molecular formula is C14H17N3O3S. The highest BCUT2D eigenvalue weighted by Gasteiger charge is 2.46. The van der Waals surface area contributed by atoms with Crippen LogP contribution in [0.15, 0.2) is 21.3 Å². The predicted octanol–water partition coefficient (Wildman–Crippen LogP) is 2.63. The largest absolute Gasteiger partial charge is 0.480 e. The topological polar surface area (TPSA) is 79.5 Å². The summed E-state index contributed by atoms with van der Waals surface area (Å²) in [6.07, 6.45) is 2.13. The SMILES string of the molecule is CCC1(C(=O)O)CCCN1Cc1nc(-c2ccsc2)no1. The molecule has 7 heteroatoms. The highest BCUT2D eigenvalue weighted by atomic mass is 32.1. The Bertz CT molecular complexity index is 625. The zero-order chi connectivity index (χ0) is 14.9. The molecule has 2 aromatic heterocycles. The number of rotatable bonds is 5. The molecule has 112 valence electrons. The molecule has 1 fully saturated rings. The minimum atomic E-state index is -0.795. The number of carboxylic acids is 1. The maximum absolute atomic E-state index is 11.6. The fourth-order valence-corrected chi connectivity index (χ4v) is 3.58. The summed E-state index contributed by atoms with van der Waals surface area (Å²) < 4.78 is 5.28. The van der Waals surface area contributed by atoms with Crippen molar-refractivity contribution in [1.29, 1.82) is 0 Å². The first-order valence-electron chi connectivity index (χ1n) is 6.99. The molecule has 0 saturated carbocycles. The van der Waals surface area contributed by atoms with Crippen molar-refractivity contribution in [3.05, 3.63) is 22.7 Å². The van der Waals surface area contributed by atoms with Gasteiger partial charge in [-0.05, 0) is 37.3 Å². The van der Waals surface area contributed by atoms with Crippen LogP contribution < -0.4 is 0 Å². The molecular weight excluding hydrogens is 290 g/mol. The minimum Gasteiger partial charge on any atom is -0.480 e. The zero-order valence-corrected chi connectivity index (χ0v) is 12.6. The van der Waals surface area contributed by atoms with E-state index in [1.54, 1.807) is 11.3 Å². The molecule has 1 aliphatic rings. The molecule has 0 bridgehead atoms. The van der Waals surface area contributed by atoms with E-state index in [4.69, 9.17) is 4.52 Å². The van der Waals surface area contributed by atoms with Gasteiger partial charge in [0.05, 0.1) is 6.54 Å². The van der Waals surface area contributed by atoms with Gasteiger partial charge in [-0.15, -0.1) is 0 Å². The third-order valence-corrected chi connectivity index (χ3v) is 4.86. The second-order valence-electron chi connectivity index (χ2n) is 5.24. The molecule has 0 aliphatic carbocycles. The van der Waals surface area contributed by atoms with Crippen LogP contribution in [-0.2, 0) is 11.3 Å². The van der Waals surface area contributed by atoms with Crippen LogP contribution in [0.3, 0.4) is 0 Å². The van der Waals surface area contributed by atoms with Crippen molar-refractivity contribution in [3.63, 3.8) is 0 Å². The summed E-state index contributed by atoms with van der Waals surface area (Å²) in [5, 5.41) is 17.4. The van der Waals surface area contributed by atoms with Crippen molar-refractivity contribution in [2.24, 2.45) is 0 Å². The van der Waals surface area contributed by atoms with E-state index in [0.29, 0.717) is 31.1 Å². The molecule has 1 N–H and O–H groups in total. The number of aromatic nitrogens is 2. The fourth-order valence-electron chi connectivity index (χ4n) is 2.95. The first-order valence-corrected chi connectivity index (χ1v) is 7.93. The van der Waals surface area contributed by atoms with Gasteiger partial charge in [0.2, 0.25) is 11.7 Å². The molecule has 1 saturated heterocycles. The van der Waals surface area contributed by atoms with Crippen LogP contribution in [0, 0.1) is 0 Å². The second kappa shape index (κ2) is 5.57. The number of carbonyl (C=O) groups is 1. The van der Waals surface area contributed by atoms with Gasteiger partial charge in [0.1, 0.15) is 5.54 Å². The molecule has 1 unspecified atom stereocenters. The van der Waals surface area contributed by atoms with E-state index in [9.17, 15) is 9.90 Å². The normalized spacial score (nSPS) is 22.7. The molecule has 3 heterocycles. The Morgan fingerprint density at radius 3 is 3.14 bits per heavy atom. The summed E-state index contributed by atoms with van der Waals surface area (Å²) in [5.41, 5.74) is 0.133. The number of hydrogen-bond donors (Lipinski definition) is 1. The van der Waals surface area contributed by atoms with E-state index < -0.39 is 11.5 Å². The quantitative estimate of drug-likeness (QED) is 0.914. The van der Waals surface area contributed by atoms with Crippen molar-refractivity contribution in [2.75, 3.05) is 6.54 Å². The van der Waals surface area contributed by atoms with Crippen LogP contribution >= 0.6 is 11.3 Å². The standard InChI is InChI=1S/C14H17N3O3S/c1-2-14(13(18)19)5-3-6-17(14)8-11-15-12(16-20-11)10-4-7-21-9-10/h4,7,9H,2-3,5-6,8H2,1H3,(H,18,19). The highest BCUT2D eigenvalue weighted by Crippen LogP contribution is 2.34. The Kier molecular flexibility index (Phi) is 3.77. The number of nitrogens with zero attached hydrogens (tertiary/aromatic N) is 3. The predicted molar refractivity (Wildman–Crippen MR) is 77.9 cm³/mol. The van der Waals surface area contributed by atoms with Crippen molar-refractivity contribution in [2.45, 2.75) is 38.3 Å². The maximum Gasteiger partial charge on any atom is 0.324 e. The van der Waals surface area contributed by atoms with E-state index in [1.165, 1.54) is 0 Å². The summed E-state index contributed by atoms with van der Waals surface area (Å²) >= 11 is 1.57. The first kappa shape index (κ1) is 14.2. The Morgan fingerprint density at radius 1 is 1.62 bits per heavy atom. The lowest BCUT2D eigenvalue weighted by molar-refractivity contribution is -0.150. The zero-order valence-electron chi connectivity index (χ0n) is 11.8. The van der Waals surface area contributed by atoms with E-state index in [1.807, 2.05) is 28.7 Å². The third kappa shape index (κ3) is 2.47. The number of likely N-dealkylation sites (tertiary alicyclic amines) is 1. The van der Waals surface area contributed by atoms with Gasteiger partial charge in [-0.3, -0.25) is 9.69 Å². The molecule has 1 atom stereocenters. The third-order valence-electron chi connectivity index (χ3n) is 4.18. The van der Waals surface area contributed by atoms with Gasteiger partial charge in [0, 0.05) is 10.9 Å². The van der Waals surface area contributed by atoms with Crippen LogP contribution in [-0.4, -0.2) is 38.2 Å². The van der Waals surface area contributed by atoms with E-state index >= 15 is 0 Å². The lowest BCUT2D eigenvalue weighted by atomic mass is 9.93. The average Bonchev–Trinajstić information content (AvgIpc) is 3.19. The molecule has 21 heavy (non-hydrogen) atoms. The molecule has 0 radical (unpaired) electrons. The molecule has 3 rings (SSSR count). The van der Waals surface area contributed by atoms with Gasteiger partial charge in [-0.25, -0.2) is 0 Å². The van der Waals surface area contributed by atoms with Crippen molar-refractivity contribution >= 4 is 17.3 Å². The van der Waals surface area contributed by atoms with Crippen molar-refractivity contribution in [3.8, 4) is 11.4 Å². The summed E-state index contributed by atoms with van der Waals surface area (Å²) in [7, 11) is 0. The molecule has 0 aromatic carbocycles. The maximum atomic E-state index is 11.6. The molecule has 2 aromatic rings. The van der Waals surface area contributed by atoms with Crippen LogP contribution in [0.4, 0.5) is 0 Å². The van der Waals surface area contributed by atoms with Crippen molar-refractivity contribution < 1.29 is 14.4 Å². The van der Waals surface area contributed by atoms with Gasteiger partial charge in [0.25, 0.3) is 0 Å². The monoisotopic (exact) mass is 307 g/mol. The summed E-state index contributed by atoms with van der Waals surface area (Å²) in [5.74, 6) is 0.264. The number of thiophene rings is 1. The van der Waals surface area contributed by atoms with Crippen LogP contribution in [0.2, 0.25) is 0 Å². The Hall–Kier alpha value is -1.73. The molecule has 6 nitrogen and oxygen atoms in total. The average molecular weight is 307 g/mol. The molecule has 0 spiro atoms.